The Morgan fingerprint density at radius 1 is 1.08 bits per heavy atom. The SMILES string of the molecule is Cc1ccccc1SCC(=O)N1CCC[C@H](C(=O)N2CCCC2)C1. The highest BCUT2D eigenvalue weighted by molar-refractivity contribution is 8.00. The predicted octanol–water partition coefficient (Wildman–Crippen LogP) is 2.95. The molecule has 0 spiro atoms. The van der Waals surface area contributed by atoms with E-state index < -0.39 is 0 Å². The summed E-state index contributed by atoms with van der Waals surface area (Å²) in [6.45, 7) is 5.25. The number of hydrogen-bond donors (Lipinski definition) is 0. The minimum absolute atomic E-state index is 0.00395. The zero-order chi connectivity index (χ0) is 16.9. The molecular formula is C19H26N2O2S. The van der Waals surface area contributed by atoms with Gasteiger partial charge in [0.25, 0.3) is 0 Å². The standard InChI is InChI=1S/C19H26N2O2S/c1-15-7-2-3-9-17(15)24-14-18(22)21-12-6-8-16(13-21)19(23)20-10-4-5-11-20/h2-3,7,9,16H,4-6,8,10-14H2,1H3/t16-/m0/s1. The maximum Gasteiger partial charge on any atom is 0.232 e. The lowest BCUT2D eigenvalue weighted by atomic mass is 9.96. The van der Waals surface area contributed by atoms with Crippen LogP contribution < -0.4 is 0 Å². The number of hydrogen-bond acceptors (Lipinski definition) is 3. The van der Waals surface area contributed by atoms with Crippen molar-refractivity contribution in [1.29, 1.82) is 0 Å². The molecule has 5 heteroatoms. The van der Waals surface area contributed by atoms with Crippen LogP contribution in [-0.4, -0.2) is 53.5 Å². The van der Waals surface area contributed by atoms with Crippen molar-refractivity contribution in [3.63, 3.8) is 0 Å². The van der Waals surface area contributed by atoms with Gasteiger partial charge in [-0.1, -0.05) is 18.2 Å². The second kappa shape index (κ2) is 8.06. The number of benzene rings is 1. The Bertz CT molecular complexity index is 599. The fraction of sp³-hybridized carbons (Fsp3) is 0.579. The Morgan fingerprint density at radius 3 is 2.54 bits per heavy atom. The second-order valence-corrected chi connectivity index (χ2v) is 7.78. The van der Waals surface area contributed by atoms with Gasteiger partial charge in [-0.2, -0.15) is 0 Å². The van der Waals surface area contributed by atoms with Gasteiger partial charge in [0.1, 0.15) is 0 Å². The number of thioether (sulfide) groups is 1. The molecule has 0 aromatic heterocycles. The smallest absolute Gasteiger partial charge is 0.232 e. The summed E-state index contributed by atoms with van der Waals surface area (Å²) < 4.78 is 0. The highest BCUT2D eigenvalue weighted by atomic mass is 32.2. The maximum absolute atomic E-state index is 12.6. The van der Waals surface area contributed by atoms with Crippen molar-refractivity contribution >= 4 is 23.6 Å². The van der Waals surface area contributed by atoms with Crippen molar-refractivity contribution in [2.45, 2.75) is 37.5 Å². The molecule has 0 unspecified atom stereocenters. The van der Waals surface area contributed by atoms with E-state index in [9.17, 15) is 9.59 Å². The Hall–Kier alpha value is -1.49. The van der Waals surface area contributed by atoms with Crippen molar-refractivity contribution < 1.29 is 9.59 Å². The number of amides is 2. The number of aryl methyl sites for hydroxylation is 1. The number of nitrogens with zero attached hydrogens (tertiary/aromatic N) is 2. The fourth-order valence-electron chi connectivity index (χ4n) is 3.55. The van der Waals surface area contributed by atoms with Crippen LogP contribution in [0.4, 0.5) is 0 Å². The van der Waals surface area contributed by atoms with E-state index in [-0.39, 0.29) is 17.7 Å². The molecule has 2 saturated heterocycles. The Kier molecular flexibility index (Phi) is 5.82. The van der Waals surface area contributed by atoms with Crippen LogP contribution >= 0.6 is 11.8 Å². The zero-order valence-electron chi connectivity index (χ0n) is 14.4. The minimum atomic E-state index is 0.00395. The van der Waals surface area contributed by atoms with Crippen LogP contribution in [0.1, 0.15) is 31.2 Å². The first kappa shape index (κ1) is 17.3. The molecule has 0 bridgehead atoms. The molecule has 0 aliphatic carbocycles. The third kappa shape index (κ3) is 4.12. The first-order valence-electron chi connectivity index (χ1n) is 8.90. The van der Waals surface area contributed by atoms with Gasteiger partial charge in [0.15, 0.2) is 0 Å². The summed E-state index contributed by atoms with van der Waals surface area (Å²) in [5.74, 6) is 0.873. The summed E-state index contributed by atoms with van der Waals surface area (Å²) >= 11 is 1.60. The summed E-state index contributed by atoms with van der Waals surface area (Å²) in [5.41, 5.74) is 1.20. The van der Waals surface area contributed by atoms with Gasteiger partial charge >= 0.3 is 0 Å². The molecule has 1 aromatic rings. The van der Waals surface area contributed by atoms with Gasteiger partial charge in [0.05, 0.1) is 11.7 Å². The van der Waals surface area contributed by atoms with Gasteiger partial charge in [-0.15, -0.1) is 11.8 Å². The lowest BCUT2D eigenvalue weighted by Crippen LogP contribution is -2.46. The van der Waals surface area contributed by atoms with E-state index in [0.717, 1.165) is 50.2 Å². The van der Waals surface area contributed by atoms with Crippen molar-refractivity contribution in [1.82, 2.24) is 9.80 Å². The number of carbonyl (C=O) groups excluding carboxylic acids is 2. The van der Waals surface area contributed by atoms with Crippen molar-refractivity contribution in [2.75, 3.05) is 31.9 Å². The monoisotopic (exact) mass is 346 g/mol. The molecule has 2 aliphatic rings. The van der Waals surface area contributed by atoms with E-state index in [4.69, 9.17) is 0 Å². The van der Waals surface area contributed by atoms with Crippen LogP contribution in [-0.2, 0) is 9.59 Å². The van der Waals surface area contributed by atoms with Gasteiger partial charge in [-0.25, -0.2) is 0 Å². The molecule has 1 atom stereocenters. The van der Waals surface area contributed by atoms with Gasteiger partial charge < -0.3 is 9.80 Å². The average molecular weight is 346 g/mol. The van der Waals surface area contributed by atoms with Crippen molar-refractivity contribution in [2.24, 2.45) is 5.92 Å². The second-order valence-electron chi connectivity index (χ2n) is 6.77. The molecule has 2 heterocycles. The highest BCUT2D eigenvalue weighted by Gasteiger charge is 2.32. The minimum Gasteiger partial charge on any atom is -0.342 e. The van der Waals surface area contributed by atoms with Gasteiger partial charge in [-0.05, 0) is 44.2 Å². The van der Waals surface area contributed by atoms with Crippen LogP contribution in [0.15, 0.2) is 29.2 Å². The van der Waals surface area contributed by atoms with Crippen LogP contribution in [0.2, 0.25) is 0 Å². The van der Waals surface area contributed by atoms with Crippen molar-refractivity contribution in [3.05, 3.63) is 29.8 Å². The average Bonchev–Trinajstić information content (AvgIpc) is 3.15. The van der Waals surface area contributed by atoms with Gasteiger partial charge in [0.2, 0.25) is 11.8 Å². The van der Waals surface area contributed by atoms with E-state index in [2.05, 4.69) is 19.1 Å². The number of piperidine rings is 1. The van der Waals surface area contributed by atoms with Crippen molar-refractivity contribution in [3.8, 4) is 0 Å². The largest absolute Gasteiger partial charge is 0.342 e. The summed E-state index contributed by atoms with van der Waals surface area (Å²) in [6, 6.07) is 8.15. The zero-order valence-corrected chi connectivity index (χ0v) is 15.2. The predicted molar refractivity (Wildman–Crippen MR) is 97.0 cm³/mol. The Balaban J connectivity index is 1.53. The molecule has 0 N–H and O–H groups in total. The summed E-state index contributed by atoms with van der Waals surface area (Å²) in [5, 5.41) is 0. The molecule has 2 amide bonds. The van der Waals surface area contributed by atoms with Crippen LogP contribution in [0.5, 0.6) is 0 Å². The van der Waals surface area contributed by atoms with E-state index in [0.29, 0.717) is 12.3 Å². The number of likely N-dealkylation sites (tertiary alicyclic amines) is 2. The van der Waals surface area contributed by atoms with Gasteiger partial charge in [-0.3, -0.25) is 9.59 Å². The maximum atomic E-state index is 12.6. The molecule has 130 valence electrons. The Labute approximate surface area is 148 Å². The molecule has 4 nitrogen and oxygen atoms in total. The van der Waals surface area contributed by atoms with Crippen LogP contribution in [0.25, 0.3) is 0 Å². The molecular weight excluding hydrogens is 320 g/mol. The quantitative estimate of drug-likeness (QED) is 0.787. The first-order valence-corrected chi connectivity index (χ1v) is 9.88. The van der Waals surface area contributed by atoms with E-state index >= 15 is 0 Å². The van der Waals surface area contributed by atoms with E-state index in [1.807, 2.05) is 21.9 Å². The third-order valence-corrected chi connectivity index (χ3v) is 6.15. The fourth-order valence-corrected chi connectivity index (χ4v) is 4.48. The lowest BCUT2D eigenvalue weighted by molar-refractivity contribution is -0.139. The van der Waals surface area contributed by atoms with E-state index in [1.165, 1.54) is 5.56 Å². The number of carbonyl (C=O) groups is 2. The molecule has 0 radical (unpaired) electrons. The Morgan fingerprint density at radius 2 is 1.79 bits per heavy atom. The molecule has 2 aliphatic heterocycles. The van der Waals surface area contributed by atoms with Crippen LogP contribution in [0.3, 0.4) is 0 Å². The van der Waals surface area contributed by atoms with Gasteiger partial charge in [0, 0.05) is 31.1 Å². The summed E-state index contributed by atoms with van der Waals surface area (Å²) in [7, 11) is 0. The first-order chi connectivity index (χ1) is 11.6. The summed E-state index contributed by atoms with van der Waals surface area (Å²) in [4.78, 5) is 30.2. The third-order valence-electron chi connectivity index (χ3n) is 4.99. The summed E-state index contributed by atoms with van der Waals surface area (Å²) in [6.07, 6.45) is 4.09. The topological polar surface area (TPSA) is 40.6 Å². The molecule has 24 heavy (non-hydrogen) atoms. The number of rotatable bonds is 4. The molecule has 0 saturated carbocycles. The highest BCUT2D eigenvalue weighted by Crippen LogP contribution is 2.25. The molecule has 1 aromatic carbocycles. The lowest BCUT2D eigenvalue weighted by Gasteiger charge is -2.34. The molecule has 2 fully saturated rings. The van der Waals surface area contributed by atoms with E-state index in [1.54, 1.807) is 11.8 Å². The normalized spacial score (nSPS) is 21.1. The van der Waals surface area contributed by atoms with Crippen LogP contribution in [0, 0.1) is 12.8 Å². The molecule has 3 rings (SSSR count).